The molecule has 0 saturated heterocycles. The van der Waals surface area contributed by atoms with Gasteiger partial charge >= 0.3 is 5.97 Å². The van der Waals surface area contributed by atoms with E-state index < -0.39 is 0 Å². The van der Waals surface area contributed by atoms with E-state index in [1.165, 1.54) is 11.3 Å². The van der Waals surface area contributed by atoms with E-state index in [1.54, 1.807) is 0 Å². The van der Waals surface area contributed by atoms with Crippen molar-refractivity contribution in [1.29, 1.82) is 0 Å². The van der Waals surface area contributed by atoms with E-state index in [9.17, 15) is 4.79 Å². The molecule has 0 amide bonds. The fraction of sp³-hybridized carbons (Fsp3) is 0.238. The summed E-state index contributed by atoms with van der Waals surface area (Å²) in [6, 6.07) is 16.1. The minimum Gasteiger partial charge on any atom is -0.462 e. The molecule has 1 aromatic heterocycles. The molecular weight excluding hydrogens is 344 g/mol. The molecule has 0 aliphatic heterocycles. The van der Waals surface area contributed by atoms with Gasteiger partial charge in [0, 0.05) is 5.69 Å². The molecule has 0 aliphatic carbocycles. The van der Waals surface area contributed by atoms with E-state index in [2.05, 4.69) is 13.0 Å². The number of para-hydroxylation sites is 2. The molecule has 134 valence electrons. The Balaban J connectivity index is 2.29. The maximum absolute atomic E-state index is 12.4. The van der Waals surface area contributed by atoms with Crippen LogP contribution in [-0.4, -0.2) is 17.1 Å². The van der Waals surface area contributed by atoms with Gasteiger partial charge in [0.15, 0.2) is 4.80 Å². The molecule has 0 N–H and O–H groups in total. The van der Waals surface area contributed by atoms with Crippen LogP contribution in [0.25, 0.3) is 5.69 Å². The highest BCUT2D eigenvalue weighted by molar-refractivity contribution is 7.11. The van der Waals surface area contributed by atoms with E-state index >= 15 is 0 Å². The average Bonchev–Trinajstić information content (AvgIpc) is 2.94. The van der Waals surface area contributed by atoms with E-state index in [-0.39, 0.29) is 5.97 Å². The number of benzene rings is 2. The lowest BCUT2D eigenvalue weighted by Gasteiger charge is -2.10. The summed E-state index contributed by atoms with van der Waals surface area (Å²) in [5.41, 5.74) is 4.97. The zero-order valence-electron chi connectivity index (χ0n) is 15.4. The lowest BCUT2D eigenvalue weighted by atomic mass is 10.2. The van der Waals surface area contributed by atoms with E-state index in [4.69, 9.17) is 9.73 Å². The second-order valence-corrected chi connectivity index (χ2v) is 7.02. The molecule has 0 saturated carbocycles. The van der Waals surface area contributed by atoms with Gasteiger partial charge in [0.1, 0.15) is 4.88 Å². The number of carbonyl (C=O) groups is 1. The maximum Gasteiger partial charge on any atom is 0.350 e. The normalized spacial score (nSPS) is 11.6. The Morgan fingerprint density at radius 2 is 1.69 bits per heavy atom. The minimum atomic E-state index is -0.302. The summed E-state index contributed by atoms with van der Waals surface area (Å²) < 4.78 is 7.27. The maximum atomic E-state index is 12.4. The molecule has 0 atom stereocenters. The number of carbonyl (C=O) groups excluding carboxylic acids is 1. The van der Waals surface area contributed by atoms with Crippen LogP contribution in [0.5, 0.6) is 0 Å². The number of aryl methyl sites for hydroxylation is 2. The fourth-order valence-electron chi connectivity index (χ4n) is 2.80. The van der Waals surface area contributed by atoms with E-state index in [0.29, 0.717) is 11.5 Å². The SMILES string of the molecule is CCOC(=O)c1sc(=Nc2ccccc2C)n(-c2ccccc2C)c1C. The van der Waals surface area contributed by atoms with Gasteiger partial charge in [-0.05, 0) is 51.0 Å². The Kier molecular flexibility index (Phi) is 5.38. The first-order valence-corrected chi connectivity index (χ1v) is 9.40. The lowest BCUT2D eigenvalue weighted by Crippen LogP contribution is -2.15. The van der Waals surface area contributed by atoms with Crippen LogP contribution in [0.1, 0.15) is 33.4 Å². The summed E-state index contributed by atoms with van der Waals surface area (Å²) in [4.78, 5) is 18.6. The van der Waals surface area contributed by atoms with Crippen LogP contribution in [0, 0.1) is 20.8 Å². The van der Waals surface area contributed by atoms with Gasteiger partial charge in [-0.2, -0.15) is 0 Å². The highest BCUT2D eigenvalue weighted by Crippen LogP contribution is 2.22. The molecule has 0 spiro atoms. The number of nitrogens with zero attached hydrogens (tertiary/aromatic N) is 2. The summed E-state index contributed by atoms with van der Waals surface area (Å²) in [5, 5.41) is 0. The van der Waals surface area contributed by atoms with Gasteiger partial charge in [-0.3, -0.25) is 4.57 Å². The molecule has 3 rings (SSSR count). The first kappa shape index (κ1) is 18.1. The van der Waals surface area contributed by atoms with Crippen LogP contribution in [0.4, 0.5) is 5.69 Å². The number of hydrogen-bond donors (Lipinski definition) is 0. The van der Waals surface area contributed by atoms with Crippen molar-refractivity contribution >= 4 is 23.0 Å². The Labute approximate surface area is 157 Å². The standard InChI is InChI=1S/C21H22N2O2S/c1-5-25-20(24)19-16(4)23(18-13-9-7-11-15(18)3)21(26-19)22-17-12-8-6-10-14(17)2/h6-13H,5H2,1-4H3. The average molecular weight is 366 g/mol. The summed E-state index contributed by atoms with van der Waals surface area (Å²) in [7, 11) is 0. The van der Waals surface area contributed by atoms with Gasteiger partial charge in [-0.15, -0.1) is 0 Å². The number of rotatable bonds is 4. The summed E-state index contributed by atoms with van der Waals surface area (Å²) in [5.74, 6) is -0.302. The van der Waals surface area contributed by atoms with Crippen molar-refractivity contribution < 1.29 is 9.53 Å². The largest absolute Gasteiger partial charge is 0.462 e. The summed E-state index contributed by atoms with van der Waals surface area (Å²) in [6.07, 6.45) is 0. The third-order valence-corrected chi connectivity index (χ3v) is 5.32. The third-order valence-electron chi connectivity index (χ3n) is 4.20. The third kappa shape index (κ3) is 3.48. The highest BCUT2D eigenvalue weighted by atomic mass is 32.1. The van der Waals surface area contributed by atoms with Crippen molar-refractivity contribution in [3.63, 3.8) is 0 Å². The predicted molar refractivity (Wildman–Crippen MR) is 105 cm³/mol. The molecule has 0 unspecified atom stereocenters. The summed E-state index contributed by atoms with van der Waals surface area (Å²) in [6.45, 7) is 8.19. The zero-order chi connectivity index (χ0) is 18.7. The van der Waals surface area contributed by atoms with Crippen molar-refractivity contribution in [2.24, 2.45) is 4.99 Å². The molecule has 2 aromatic carbocycles. The van der Waals surface area contributed by atoms with Crippen molar-refractivity contribution in [3.05, 3.63) is 75.0 Å². The van der Waals surface area contributed by atoms with Crippen molar-refractivity contribution in [1.82, 2.24) is 4.57 Å². The predicted octanol–water partition coefficient (Wildman–Crippen LogP) is 4.87. The van der Waals surface area contributed by atoms with Crippen molar-refractivity contribution in [2.45, 2.75) is 27.7 Å². The number of esters is 1. The van der Waals surface area contributed by atoms with Crippen LogP contribution in [0.2, 0.25) is 0 Å². The Bertz CT molecular complexity index is 1010. The molecule has 0 fully saturated rings. The molecule has 5 heteroatoms. The second kappa shape index (κ2) is 7.70. The lowest BCUT2D eigenvalue weighted by molar-refractivity contribution is 0.0531. The van der Waals surface area contributed by atoms with Crippen molar-refractivity contribution in [2.75, 3.05) is 6.61 Å². The molecular formula is C21H22N2O2S. The molecule has 0 aliphatic rings. The minimum absolute atomic E-state index is 0.302. The number of hydrogen-bond acceptors (Lipinski definition) is 4. The van der Waals surface area contributed by atoms with E-state index in [1.807, 2.05) is 67.8 Å². The smallest absolute Gasteiger partial charge is 0.350 e. The monoisotopic (exact) mass is 366 g/mol. The Morgan fingerprint density at radius 1 is 1.04 bits per heavy atom. The Morgan fingerprint density at radius 3 is 2.35 bits per heavy atom. The van der Waals surface area contributed by atoms with E-state index in [0.717, 1.165) is 33.0 Å². The van der Waals surface area contributed by atoms with Crippen LogP contribution < -0.4 is 4.80 Å². The topological polar surface area (TPSA) is 43.6 Å². The van der Waals surface area contributed by atoms with Gasteiger partial charge in [0.05, 0.1) is 18.0 Å². The van der Waals surface area contributed by atoms with Gasteiger partial charge in [-0.1, -0.05) is 47.7 Å². The van der Waals surface area contributed by atoms with Gasteiger partial charge < -0.3 is 4.74 Å². The molecule has 0 bridgehead atoms. The molecule has 0 radical (unpaired) electrons. The quantitative estimate of drug-likeness (QED) is 0.618. The van der Waals surface area contributed by atoms with Crippen LogP contribution >= 0.6 is 11.3 Å². The van der Waals surface area contributed by atoms with Crippen molar-refractivity contribution in [3.8, 4) is 5.69 Å². The van der Waals surface area contributed by atoms with Crippen LogP contribution in [0.15, 0.2) is 53.5 Å². The highest BCUT2D eigenvalue weighted by Gasteiger charge is 2.19. The van der Waals surface area contributed by atoms with Crippen LogP contribution in [0.3, 0.4) is 0 Å². The number of aromatic nitrogens is 1. The second-order valence-electron chi connectivity index (χ2n) is 6.04. The molecule has 1 heterocycles. The number of thiazole rings is 1. The van der Waals surface area contributed by atoms with Gasteiger partial charge in [-0.25, -0.2) is 9.79 Å². The number of ether oxygens (including phenoxy) is 1. The molecule has 4 nitrogen and oxygen atoms in total. The fourth-order valence-corrected chi connectivity index (χ4v) is 3.84. The van der Waals surface area contributed by atoms with Crippen LogP contribution in [-0.2, 0) is 4.74 Å². The van der Waals surface area contributed by atoms with Gasteiger partial charge in [0.2, 0.25) is 0 Å². The molecule has 26 heavy (non-hydrogen) atoms. The van der Waals surface area contributed by atoms with Gasteiger partial charge in [0.25, 0.3) is 0 Å². The summed E-state index contributed by atoms with van der Waals surface area (Å²) >= 11 is 1.36. The zero-order valence-corrected chi connectivity index (χ0v) is 16.3. The molecule has 3 aromatic rings. The first-order chi connectivity index (χ1) is 12.5. The first-order valence-electron chi connectivity index (χ1n) is 8.59. The Hall–Kier alpha value is -2.66.